The SMILES string of the molecule is COc1ccccc1C(C#N)NCCC1=CCCCC1. The highest BCUT2D eigenvalue weighted by atomic mass is 16.5. The number of ether oxygens (including phenoxy) is 1. The molecule has 1 aromatic rings. The first-order valence-corrected chi connectivity index (χ1v) is 7.29. The molecule has 0 fully saturated rings. The minimum absolute atomic E-state index is 0.310. The van der Waals surface area contributed by atoms with E-state index in [-0.39, 0.29) is 6.04 Å². The molecule has 0 saturated heterocycles. The first-order valence-electron chi connectivity index (χ1n) is 7.29. The van der Waals surface area contributed by atoms with Gasteiger partial charge in [0.15, 0.2) is 0 Å². The van der Waals surface area contributed by atoms with E-state index in [1.165, 1.54) is 31.3 Å². The lowest BCUT2D eigenvalue weighted by Gasteiger charge is -2.17. The summed E-state index contributed by atoms with van der Waals surface area (Å²) in [6.45, 7) is 0.835. The molecule has 0 spiro atoms. The normalized spacial score (nSPS) is 16.1. The van der Waals surface area contributed by atoms with Gasteiger partial charge in [0.1, 0.15) is 11.8 Å². The molecule has 1 aliphatic rings. The summed E-state index contributed by atoms with van der Waals surface area (Å²) in [6, 6.07) is 9.71. The second-order valence-corrected chi connectivity index (χ2v) is 5.12. The number of para-hydroxylation sites is 1. The molecule has 1 N–H and O–H groups in total. The van der Waals surface area contributed by atoms with Crippen LogP contribution in [0.4, 0.5) is 0 Å². The Morgan fingerprint density at radius 2 is 2.20 bits per heavy atom. The lowest BCUT2D eigenvalue weighted by molar-refractivity contribution is 0.405. The highest BCUT2D eigenvalue weighted by molar-refractivity contribution is 5.38. The minimum Gasteiger partial charge on any atom is -0.496 e. The summed E-state index contributed by atoms with van der Waals surface area (Å²) in [6.07, 6.45) is 8.44. The highest BCUT2D eigenvalue weighted by Gasteiger charge is 2.14. The number of methoxy groups -OCH3 is 1. The summed E-state index contributed by atoms with van der Waals surface area (Å²) in [7, 11) is 1.64. The van der Waals surface area contributed by atoms with Gasteiger partial charge in [-0.05, 0) is 38.2 Å². The van der Waals surface area contributed by atoms with Gasteiger partial charge in [0, 0.05) is 12.1 Å². The topological polar surface area (TPSA) is 45.0 Å². The van der Waals surface area contributed by atoms with Crippen LogP contribution < -0.4 is 10.1 Å². The quantitative estimate of drug-likeness (QED) is 0.801. The van der Waals surface area contributed by atoms with Gasteiger partial charge in [0.2, 0.25) is 0 Å². The van der Waals surface area contributed by atoms with Gasteiger partial charge in [0.25, 0.3) is 0 Å². The van der Waals surface area contributed by atoms with E-state index in [2.05, 4.69) is 17.5 Å². The van der Waals surface area contributed by atoms with Gasteiger partial charge in [0.05, 0.1) is 13.2 Å². The maximum atomic E-state index is 9.35. The number of allylic oxidation sites excluding steroid dienone is 1. The van der Waals surface area contributed by atoms with Crippen molar-refractivity contribution >= 4 is 0 Å². The van der Waals surface area contributed by atoms with E-state index in [9.17, 15) is 5.26 Å². The van der Waals surface area contributed by atoms with E-state index >= 15 is 0 Å². The molecule has 106 valence electrons. The standard InChI is InChI=1S/C17H22N2O/c1-20-17-10-6-5-9-15(17)16(13-18)19-12-11-14-7-3-2-4-8-14/h5-7,9-10,16,19H,2-4,8,11-12H2,1H3. The van der Waals surface area contributed by atoms with E-state index in [0.717, 1.165) is 24.3 Å². The first kappa shape index (κ1) is 14.6. The number of nitrogens with one attached hydrogen (secondary N) is 1. The van der Waals surface area contributed by atoms with E-state index in [4.69, 9.17) is 4.74 Å². The maximum absolute atomic E-state index is 9.35. The molecule has 0 aromatic heterocycles. The predicted molar refractivity (Wildman–Crippen MR) is 80.5 cm³/mol. The Labute approximate surface area is 121 Å². The molecule has 0 heterocycles. The van der Waals surface area contributed by atoms with E-state index in [1.54, 1.807) is 7.11 Å². The smallest absolute Gasteiger partial charge is 0.124 e. The lowest BCUT2D eigenvalue weighted by atomic mass is 9.97. The Hall–Kier alpha value is -1.79. The zero-order valence-corrected chi connectivity index (χ0v) is 12.1. The van der Waals surface area contributed by atoms with E-state index in [0.29, 0.717) is 0 Å². The molecule has 3 heteroatoms. The molecule has 0 saturated carbocycles. The average Bonchev–Trinajstić information content (AvgIpc) is 2.53. The van der Waals surface area contributed by atoms with Crippen molar-refractivity contribution in [3.8, 4) is 11.8 Å². The van der Waals surface area contributed by atoms with Crippen molar-refractivity contribution in [3.63, 3.8) is 0 Å². The van der Waals surface area contributed by atoms with Crippen molar-refractivity contribution in [1.82, 2.24) is 5.32 Å². The van der Waals surface area contributed by atoms with Crippen molar-refractivity contribution in [2.45, 2.75) is 38.1 Å². The van der Waals surface area contributed by atoms with Crippen molar-refractivity contribution < 1.29 is 4.74 Å². The van der Waals surface area contributed by atoms with Crippen LogP contribution in [0.5, 0.6) is 5.75 Å². The maximum Gasteiger partial charge on any atom is 0.124 e. The van der Waals surface area contributed by atoms with Crippen LogP contribution >= 0.6 is 0 Å². The van der Waals surface area contributed by atoms with Crippen molar-refractivity contribution in [2.24, 2.45) is 0 Å². The Morgan fingerprint density at radius 1 is 1.35 bits per heavy atom. The molecule has 2 rings (SSSR count). The molecule has 0 amide bonds. The molecule has 1 atom stereocenters. The number of nitriles is 1. The third kappa shape index (κ3) is 3.85. The summed E-state index contributed by atoms with van der Waals surface area (Å²) in [4.78, 5) is 0. The van der Waals surface area contributed by atoms with Gasteiger partial charge in [-0.1, -0.05) is 29.8 Å². The molecule has 20 heavy (non-hydrogen) atoms. The zero-order chi connectivity index (χ0) is 14.2. The monoisotopic (exact) mass is 270 g/mol. The Bertz CT molecular complexity index is 502. The van der Waals surface area contributed by atoms with Gasteiger partial charge in [-0.3, -0.25) is 5.32 Å². The number of benzene rings is 1. The molecule has 0 radical (unpaired) electrons. The number of hydrogen-bond acceptors (Lipinski definition) is 3. The zero-order valence-electron chi connectivity index (χ0n) is 12.1. The van der Waals surface area contributed by atoms with Crippen LogP contribution in [0.2, 0.25) is 0 Å². The lowest BCUT2D eigenvalue weighted by Crippen LogP contribution is -2.22. The van der Waals surface area contributed by atoms with Crippen LogP contribution in [0.1, 0.15) is 43.7 Å². The van der Waals surface area contributed by atoms with Crippen LogP contribution in [-0.2, 0) is 0 Å². The number of nitrogens with zero attached hydrogens (tertiary/aromatic N) is 1. The summed E-state index contributed by atoms with van der Waals surface area (Å²) in [5.41, 5.74) is 2.44. The van der Waals surface area contributed by atoms with Crippen LogP contribution in [0.3, 0.4) is 0 Å². The Kier molecular flexibility index (Phi) is 5.64. The average molecular weight is 270 g/mol. The number of hydrogen-bond donors (Lipinski definition) is 1. The van der Waals surface area contributed by atoms with Crippen LogP contribution in [-0.4, -0.2) is 13.7 Å². The fourth-order valence-electron chi connectivity index (χ4n) is 2.64. The number of rotatable bonds is 6. The fourth-order valence-corrected chi connectivity index (χ4v) is 2.64. The second kappa shape index (κ2) is 7.72. The van der Waals surface area contributed by atoms with E-state index < -0.39 is 0 Å². The first-order chi connectivity index (χ1) is 9.85. The molecule has 1 aliphatic carbocycles. The van der Waals surface area contributed by atoms with E-state index in [1.807, 2.05) is 24.3 Å². The summed E-state index contributed by atoms with van der Waals surface area (Å²) in [5, 5.41) is 12.7. The van der Waals surface area contributed by atoms with Crippen molar-refractivity contribution in [3.05, 3.63) is 41.5 Å². The summed E-state index contributed by atoms with van der Waals surface area (Å²) >= 11 is 0. The summed E-state index contributed by atoms with van der Waals surface area (Å²) in [5.74, 6) is 0.767. The third-order valence-corrected chi connectivity index (χ3v) is 3.76. The van der Waals surface area contributed by atoms with Crippen molar-refractivity contribution in [1.29, 1.82) is 5.26 Å². The Morgan fingerprint density at radius 3 is 2.90 bits per heavy atom. The second-order valence-electron chi connectivity index (χ2n) is 5.12. The molecule has 1 aromatic carbocycles. The minimum atomic E-state index is -0.310. The Balaban J connectivity index is 1.92. The third-order valence-electron chi connectivity index (χ3n) is 3.76. The van der Waals surface area contributed by atoms with Crippen molar-refractivity contribution in [2.75, 3.05) is 13.7 Å². The molecular weight excluding hydrogens is 248 g/mol. The van der Waals surface area contributed by atoms with Crippen LogP contribution in [0.25, 0.3) is 0 Å². The predicted octanol–water partition coefficient (Wildman–Crippen LogP) is 3.74. The molecule has 0 bridgehead atoms. The highest BCUT2D eigenvalue weighted by Crippen LogP contribution is 2.25. The van der Waals surface area contributed by atoms with Gasteiger partial charge < -0.3 is 4.74 Å². The van der Waals surface area contributed by atoms with Gasteiger partial charge in [-0.25, -0.2) is 0 Å². The van der Waals surface area contributed by atoms with Crippen LogP contribution in [0.15, 0.2) is 35.9 Å². The van der Waals surface area contributed by atoms with Gasteiger partial charge in [-0.15, -0.1) is 0 Å². The molecule has 3 nitrogen and oxygen atoms in total. The van der Waals surface area contributed by atoms with Gasteiger partial charge in [-0.2, -0.15) is 5.26 Å². The molecule has 1 unspecified atom stereocenters. The van der Waals surface area contributed by atoms with Crippen LogP contribution in [0, 0.1) is 11.3 Å². The summed E-state index contributed by atoms with van der Waals surface area (Å²) < 4.78 is 5.32. The largest absolute Gasteiger partial charge is 0.496 e. The molecule has 0 aliphatic heterocycles. The molecular formula is C17H22N2O. The fraction of sp³-hybridized carbons (Fsp3) is 0.471. The van der Waals surface area contributed by atoms with Gasteiger partial charge >= 0.3 is 0 Å².